The smallest absolute Gasteiger partial charge is 0.313 e. The Bertz CT molecular complexity index is 818. The van der Waals surface area contributed by atoms with Crippen LogP contribution in [0.15, 0.2) is 34.6 Å². The topological polar surface area (TPSA) is 118 Å². The van der Waals surface area contributed by atoms with E-state index in [2.05, 4.69) is 20.4 Å². The van der Waals surface area contributed by atoms with Gasteiger partial charge in [0.1, 0.15) is 11.8 Å². The maximum absolute atomic E-state index is 10.8. The van der Waals surface area contributed by atoms with Gasteiger partial charge in [-0.25, -0.2) is 0 Å². The first kappa shape index (κ1) is 16.2. The van der Waals surface area contributed by atoms with E-state index in [9.17, 15) is 9.70 Å². The third-order valence-electron chi connectivity index (χ3n) is 3.51. The van der Waals surface area contributed by atoms with E-state index >= 15 is 0 Å². The first-order valence-electron chi connectivity index (χ1n) is 7.15. The van der Waals surface area contributed by atoms with Crippen LogP contribution < -0.4 is 0 Å². The quantitative estimate of drug-likeness (QED) is 0.609. The van der Waals surface area contributed by atoms with Crippen LogP contribution in [0, 0.1) is 11.8 Å². The number of aryl methyl sites for hydroxylation is 1. The van der Waals surface area contributed by atoms with E-state index in [0.717, 1.165) is 22.9 Å². The summed E-state index contributed by atoms with van der Waals surface area (Å²) in [6, 6.07) is 5.46. The molecule has 24 heavy (non-hydrogen) atoms. The fourth-order valence-corrected chi connectivity index (χ4v) is 2.81. The van der Waals surface area contributed by atoms with Gasteiger partial charge in [0.05, 0.1) is 5.75 Å². The Morgan fingerprint density at radius 3 is 3.12 bits per heavy atom. The minimum atomic E-state index is -0.929. The summed E-state index contributed by atoms with van der Waals surface area (Å²) < 4.78 is 5.87. The Hall–Kier alpha value is -2.68. The Balaban J connectivity index is 1.69. The highest BCUT2D eigenvalue weighted by Gasteiger charge is 2.24. The van der Waals surface area contributed by atoms with Crippen LogP contribution in [-0.4, -0.2) is 32.0 Å². The van der Waals surface area contributed by atoms with Crippen LogP contribution in [0.1, 0.15) is 29.5 Å². The average molecular weight is 346 g/mol. The zero-order valence-corrected chi connectivity index (χ0v) is 13.5. The molecule has 0 saturated carbocycles. The fourth-order valence-electron chi connectivity index (χ4n) is 2.29. The summed E-state index contributed by atoms with van der Waals surface area (Å²) in [5.74, 6) is -0.0335. The lowest BCUT2D eigenvalue weighted by Gasteiger charge is -2.13. The molecule has 0 saturated heterocycles. The van der Waals surface area contributed by atoms with E-state index in [1.54, 1.807) is 6.07 Å². The number of H-pyrrole nitrogens is 1. The molecule has 1 aliphatic heterocycles. The molecule has 1 atom stereocenters. The molecule has 1 aromatic carbocycles. The standard InChI is InChI=1S/C15H14N4O4S/c1-8-2-3-9(6-10(8)19-22)11-4-5-12(23-11)14-16-15(18-17-14)24-7-13(20)21/h2-3,5-6,11H,4,7H2,1H3,(H,20,21)(H,16,17,18). The lowest BCUT2D eigenvalue weighted by molar-refractivity contribution is -0.133. The normalized spacial score (nSPS) is 16.5. The molecule has 0 amide bonds. The first-order valence-corrected chi connectivity index (χ1v) is 8.13. The van der Waals surface area contributed by atoms with Crippen molar-refractivity contribution < 1.29 is 14.6 Å². The van der Waals surface area contributed by atoms with Crippen molar-refractivity contribution in [2.24, 2.45) is 5.18 Å². The molecule has 2 N–H and O–H groups in total. The maximum atomic E-state index is 10.8. The van der Waals surface area contributed by atoms with Crippen molar-refractivity contribution in [1.82, 2.24) is 15.2 Å². The third kappa shape index (κ3) is 3.46. The molecule has 1 aliphatic rings. The molecule has 124 valence electrons. The molecule has 2 heterocycles. The lowest BCUT2D eigenvalue weighted by atomic mass is 10.0. The molecule has 0 bridgehead atoms. The molecule has 8 nitrogen and oxygen atoms in total. The van der Waals surface area contributed by atoms with Crippen LogP contribution in [0.5, 0.6) is 0 Å². The van der Waals surface area contributed by atoms with Crippen LogP contribution in [0.2, 0.25) is 0 Å². The summed E-state index contributed by atoms with van der Waals surface area (Å²) >= 11 is 1.03. The van der Waals surface area contributed by atoms with Gasteiger partial charge in [0.2, 0.25) is 5.16 Å². The highest BCUT2D eigenvalue weighted by atomic mass is 32.2. The van der Waals surface area contributed by atoms with Crippen LogP contribution in [-0.2, 0) is 9.53 Å². The maximum Gasteiger partial charge on any atom is 0.313 e. The van der Waals surface area contributed by atoms with Crippen molar-refractivity contribution in [1.29, 1.82) is 0 Å². The van der Waals surface area contributed by atoms with E-state index in [4.69, 9.17) is 9.84 Å². The van der Waals surface area contributed by atoms with E-state index in [1.165, 1.54) is 0 Å². The number of aromatic amines is 1. The third-order valence-corrected chi connectivity index (χ3v) is 4.34. The first-order chi connectivity index (χ1) is 11.6. The second kappa shape index (κ2) is 6.83. The van der Waals surface area contributed by atoms with Crippen molar-refractivity contribution in [3.8, 4) is 0 Å². The molecule has 1 aromatic heterocycles. The second-order valence-electron chi connectivity index (χ2n) is 5.20. The van der Waals surface area contributed by atoms with E-state index in [-0.39, 0.29) is 11.9 Å². The zero-order valence-electron chi connectivity index (χ0n) is 12.7. The minimum Gasteiger partial charge on any atom is -0.482 e. The molecule has 0 fully saturated rings. The number of nitrogens with one attached hydrogen (secondary N) is 1. The van der Waals surface area contributed by atoms with Gasteiger partial charge in [-0.15, -0.1) is 10.0 Å². The molecule has 9 heteroatoms. The molecule has 0 radical (unpaired) electrons. The lowest BCUT2D eigenvalue weighted by Crippen LogP contribution is -1.98. The van der Waals surface area contributed by atoms with Crippen molar-refractivity contribution >= 4 is 29.2 Å². The Kier molecular flexibility index (Phi) is 4.61. The second-order valence-corrected chi connectivity index (χ2v) is 6.14. The number of carboxylic acids is 1. The summed E-state index contributed by atoms with van der Waals surface area (Å²) in [5, 5.41) is 18.7. The van der Waals surface area contributed by atoms with Crippen LogP contribution in [0.3, 0.4) is 0 Å². The van der Waals surface area contributed by atoms with Gasteiger partial charge in [0, 0.05) is 6.42 Å². The van der Waals surface area contributed by atoms with Crippen molar-refractivity contribution in [2.45, 2.75) is 24.6 Å². The fraction of sp³-hybridized carbons (Fsp3) is 0.267. The number of hydrogen-bond acceptors (Lipinski definition) is 7. The SMILES string of the molecule is Cc1ccc(C2CC=C(c3nc(SCC(=O)O)n[nH]3)O2)cc1N=O. The van der Waals surface area contributed by atoms with Gasteiger partial charge >= 0.3 is 5.97 Å². The summed E-state index contributed by atoms with van der Waals surface area (Å²) in [7, 11) is 0. The van der Waals surface area contributed by atoms with Crippen LogP contribution in [0.4, 0.5) is 5.69 Å². The molecule has 2 aromatic rings. The predicted octanol–water partition coefficient (Wildman–Crippen LogP) is 3.19. The highest BCUT2D eigenvalue weighted by molar-refractivity contribution is 7.99. The summed E-state index contributed by atoms with van der Waals surface area (Å²) in [4.78, 5) is 25.6. The Labute approximate surface area is 141 Å². The van der Waals surface area contributed by atoms with Crippen LogP contribution >= 0.6 is 11.8 Å². The van der Waals surface area contributed by atoms with E-state index in [1.807, 2.05) is 25.1 Å². The molecular weight excluding hydrogens is 332 g/mol. The Morgan fingerprint density at radius 2 is 2.38 bits per heavy atom. The number of benzene rings is 1. The van der Waals surface area contributed by atoms with Gasteiger partial charge in [-0.3, -0.25) is 9.89 Å². The van der Waals surface area contributed by atoms with Gasteiger partial charge in [-0.05, 0) is 35.4 Å². The predicted molar refractivity (Wildman–Crippen MR) is 87.8 cm³/mol. The van der Waals surface area contributed by atoms with Gasteiger partial charge in [-0.1, -0.05) is 23.9 Å². The van der Waals surface area contributed by atoms with Gasteiger partial charge < -0.3 is 9.84 Å². The van der Waals surface area contributed by atoms with E-state index < -0.39 is 5.97 Å². The van der Waals surface area contributed by atoms with Gasteiger partial charge in [0.15, 0.2) is 11.6 Å². The largest absolute Gasteiger partial charge is 0.482 e. The zero-order chi connectivity index (χ0) is 17.1. The minimum absolute atomic E-state index is 0.106. The molecule has 3 rings (SSSR count). The Morgan fingerprint density at radius 1 is 1.54 bits per heavy atom. The number of rotatable bonds is 6. The number of nitroso groups, excluding NO2 is 1. The summed E-state index contributed by atoms with van der Waals surface area (Å²) in [5.41, 5.74) is 2.08. The molecule has 0 aliphatic carbocycles. The van der Waals surface area contributed by atoms with E-state index in [0.29, 0.717) is 28.8 Å². The van der Waals surface area contributed by atoms with Crippen molar-refractivity contribution in [3.63, 3.8) is 0 Å². The van der Waals surface area contributed by atoms with Gasteiger partial charge in [-0.2, -0.15) is 4.98 Å². The summed E-state index contributed by atoms with van der Waals surface area (Å²) in [6.45, 7) is 1.82. The van der Waals surface area contributed by atoms with Crippen LogP contribution in [0.25, 0.3) is 5.76 Å². The number of carboxylic acid groups (broad SMARTS) is 1. The van der Waals surface area contributed by atoms with Crippen molar-refractivity contribution in [3.05, 3.63) is 46.1 Å². The number of thioether (sulfide) groups is 1. The monoisotopic (exact) mass is 346 g/mol. The molecule has 0 spiro atoms. The van der Waals surface area contributed by atoms with Crippen molar-refractivity contribution in [2.75, 3.05) is 5.75 Å². The summed E-state index contributed by atoms with van der Waals surface area (Å²) in [6.07, 6.45) is 2.29. The number of aromatic nitrogens is 3. The number of aliphatic carboxylic acids is 1. The highest BCUT2D eigenvalue weighted by Crippen LogP contribution is 2.36. The number of hydrogen-bond donors (Lipinski definition) is 2. The molecular formula is C15H14N4O4S. The number of ether oxygens (including phenoxy) is 1. The number of carbonyl (C=O) groups is 1. The number of nitrogens with zero attached hydrogens (tertiary/aromatic N) is 3. The van der Waals surface area contributed by atoms with Gasteiger partial charge in [0.25, 0.3) is 0 Å². The average Bonchev–Trinajstić information content (AvgIpc) is 3.22. The molecule has 1 unspecified atom stereocenters.